The minimum atomic E-state index is -2.78. The lowest BCUT2D eigenvalue weighted by atomic mass is 10.3. The van der Waals surface area contributed by atoms with Crippen molar-refractivity contribution in [1.29, 1.82) is 0 Å². The highest BCUT2D eigenvalue weighted by atomic mass is 35.9. The number of hydrogen-bond acceptors (Lipinski definition) is 1. The van der Waals surface area contributed by atoms with Crippen molar-refractivity contribution in [2.75, 3.05) is 6.16 Å². The van der Waals surface area contributed by atoms with E-state index in [-0.39, 0.29) is 0 Å². The van der Waals surface area contributed by atoms with Crippen LogP contribution in [0.4, 0.5) is 0 Å². The van der Waals surface area contributed by atoms with Crippen LogP contribution in [0.2, 0.25) is 0 Å². The van der Waals surface area contributed by atoms with Gasteiger partial charge in [-0.25, -0.2) is 0 Å². The first-order valence-electron chi connectivity index (χ1n) is 2.40. The van der Waals surface area contributed by atoms with Gasteiger partial charge in [0.2, 0.25) is 0 Å². The van der Waals surface area contributed by atoms with Gasteiger partial charge >= 0.3 is 0 Å². The van der Waals surface area contributed by atoms with E-state index in [9.17, 15) is 4.57 Å². The Morgan fingerprint density at radius 2 is 1.88 bits per heavy atom. The second-order valence-electron chi connectivity index (χ2n) is 2.15. The van der Waals surface area contributed by atoms with Gasteiger partial charge in [-0.15, -0.1) is 0 Å². The zero-order valence-electron chi connectivity index (χ0n) is 4.90. The van der Waals surface area contributed by atoms with E-state index in [0.29, 0.717) is 12.1 Å². The van der Waals surface area contributed by atoms with Gasteiger partial charge in [-0.2, -0.15) is 0 Å². The molecular formula is C4H9Cl2OP. The summed E-state index contributed by atoms with van der Waals surface area (Å²) < 4.78 is 10.6. The summed E-state index contributed by atoms with van der Waals surface area (Å²) in [4.78, 5) is 0. The Kier molecular flexibility index (Phi) is 3.41. The third-order valence-electron chi connectivity index (χ3n) is 0.578. The van der Waals surface area contributed by atoms with Crippen molar-refractivity contribution >= 4 is 28.3 Å². The lowest BCUT2D eigenvalue weighted by Crippen LogP contribution is -1.89. The minimum absolute atomic E-state index is 0.316. The van der Waals surface area contributed by atoms with Gasteiger partial charge in [0.1, 0.15) is 0 Å². The van der Waals surface area contributed by atoms with Gasteiger partial charge in [0.15, 0.2) is 0 Å². The van der Waals surface area contributed by atoms with Crippen LogP contribution in [0.1, 0.15) is 13.8 Å². The summed E-state index contributed by atoms with van der Waals surface area (Å²) in [7, 11) is 0. The van der Waals surface area contributed by atoms with Gasteiger partial charge in [0, 0.05) is 6.16 Å². The Balaban J connectivity index is 3.56. The predicted molar refractivity (Wildman–Crippen MR) is 39.0 cm³/mol. The van der Waals surface area contributed by atoms with E-state index in [2.05, 4.69) is 0 Å². The minimum Gasteiger partial charge on any atom is -0.289 e. The number of halogens is 2. The first kappa shape index (κ1) is 8.81. The molecule has 0 aromatic rings. The molecule has 0 N–H and O–H groups in total. The van der Waals surface area contributed by atoms with Crippen LogP contribution in [-0.2, 0) is 4.57 Å². The maximum Gasteiger partial charge on any atom is 0.253 e. The van der Waals surface area contributed by atoms with Crippen LogP contribution in [-0.4, -0.2) is 6.16 Å². The maximum absolute atomic E-state index is 10.6. The lowest BCUT2D eigenvalue weighted by Gasteiger charge is -2.02. The molecule has 0 aliphatic heterocycles. The average Bonchev–Trinajstić information content (AvgIpc) is 1.21. The standard InChI is InChI=1S/C4H9Cl2OP/c1-4(2)3-8(5,6)7/h4H,3H2,1-2H3. The van der Waals surface area contributed by atoms with Crippen LogP contribution < -0.4 is 0 Å². The largest absolute Gasteiger partial charge is 0.289 e. The Morgan fingerprint density at radius 1 is 1.50 bits per heavy atom. The summed E-state index contributed by atoms with van der Waals surface area (Å²) in [6.45, 7) is 3.86. The molecule has 0 saturated carbocycles. The average molecular weight is 175 g/mol. The van der Waals surface area contributed by atoms with Crippen LogP contribution in [0.5, 0.6) is 0 Å². The fourth-order valence-corrected chi connectivity index (χ4v) is 2.93. The predicted octanol–water partition coefficient (Wildman–Crippen LogP) is 3.31. The summed E-state index contributed by atoms with van der Waals surface area (Å²) >= 11 is 10.5. The zero-order chi connectivity index (χ0) is 6.78. The molecule has 0 aromatic heterocycles. The van der Waals surface area contributed by atoms with Crippen LogP contribution in [0, 0.1) is 5.92 Å². The topological polar surface area (TPSA) is 17.1 Å². The molecule has 50 valence electrons. The molecular weight excluding hydrogens is 166 g/mol. The summed E-state index contributed by atoms with van der Waals surface area (Å²) in [6, 6.07) is 0. The molecule has 0 unspecified atom stereocenters. The van der Waals surface area contributed by atoms with Gasteiger partial charge in [-0.3, -0.25) is 4.57 Å². The van der Waals surface area contributed by atoms with Crippen LogP contribution in [0.25, 0.3) is 0 Å². The SMILES string of the molecule is CC(C)CP(=O)(Cl)Cl. The fourth-order valence-electron chi connectivity index (χ4n) is 0.425. The summed E-state index contributed by atoms with van der Waals surface area (Å²) in [5, 5.41) is 0. The quantitative estimate of drug-likeness (QED) is 0.588. The molecule has 0 aromatic carbocycles. The molecule has 8 heavy (non-hydrogen) atoms. The van der Waals surface area contributed by atoms with E-state index in [1.807, 2.05) is 13.8 Å². The first-order chi connectivity index (χ1) is 3.42. The highest BCUT2D eigenvalue weighted by Crippen LogP contribution is 2.57. The Morgan fingerprint density at radius 3 is 1.88 bits per heavy atom. The van der Waals surface area contributed by atoms with Crippen LogP contribution in [0.3, 0.4) is 0 Å². The Labute approximate surface area is 59.3 Å². The molecule has 0 rings (SSSR count). The van der Waals surface area contributed by atoms with Crippen LogP contribution >= 0.6 is 28.3 Å². The van der Waals surface area contributed by atoms with Gasteiger partial charge in [0.05, 0.1) is 0 Å². The van der Waals surface area contributed by atoms with E-state index >= 15 is 0 Å². The molecule has 0 amide bonds. The van der Waals surface area contributed by atoms with Gasteiger partial charge < -0.3 is 0 Å². The Bertz CT molecular complexity index is 107. The zero-order valence-corrected chi connectivity index (χ0v) is 7.30. The molecule has 0 spiro atoms. The second-order valence-corrected chi connectivity index (χ2v) is 7.45. The monoisotopic (exact) mass is 174 g/mol. The molecule has 0 saturated heterocycles. The molecule has 0 aliphatic carbocycles. The van der Waals surface area contributed by atoms with Gasteiger partial charge in [-0.05, 0) is 28.4 Å². The van der Waals surface area contributed by atoms with Crippen molar-refractivity contribution in [3.05, 3.63) is 0 Å². The fraction of sp³-hybridized carbons (Fsp3) is 1.00. The molecule has 0 radical (unpaired) electrons. The van der Waals surface area contributed by atoms with Gasteiger partial charge in [-0.1, -0.05) is 13.8 Å². The Hall–Kier alpha value is 0.810. The lowest BCUT2D eigenvalue weighted by molar-refractivity contribution is 0.585. The molecule has 0 aliphatic rings. The normalized spacial score (nSPS) is 12.6. The van der Waals surface area contributed by atoms with Crippen molar-refractivity contribution in [3.63, 3.8) is 0 Å². The van der Waals surface area contributed by atoms with Crippen molar-refractivity contribution < 1.29 is 4.57 Å². The van der Waals surface area contributed by atoms with Gasteiger partial charge in [0.25, 0.3) is 5.85 Å². The molecule has 1 nitrogen and oxygen atoms in total. The van der Waals surface area contributed by atoms with Crippen molar-refractivity contribution in [1.82, 2.24) is 0 Å². The smallest absolute Gasteiger partial charge is 0.253 e. The van der Waals surface area contributed by atoms with Crippen LogP contribution in [0.15, 0.2) is 0 Å². The third kappa shape index (κ3) is 6.81. The van der Waals surface area contributed by atoms with E-state index in [4.69, 9.17) is 22.5 Å². The van der Waals surface area contributed by atoms with E-state index in [1.54, 1.807) is 0 Å². The van der Waals surface area contributed by atoms with E-state index in [1.165, 1.54) is 0 Å². The molecule has 0 heterocycles. The summed E-state index contributed by atoms with van der Waals surface area (Å²) in [5.74, 6) is -2.46. The molecule has 0 fully saturated rings. The van der Waals surface area contributed by atoms with Crippen molar-refractivity contribution in [2.45, 2.75) is 13.8 Å². The van der Waals surface area contributed by atoms with Crippen molar-refractivity contribution in [3.8, 4) is 0 Å². The number of rotatable bonds is 2. The van der Waals surface area contributed by atoms with Crippen molar-refractivity contribution in [2.24, 2.45) is 5.92 Å². The molecule has 4 heteroatoms. The summed E-state index contributed by atoms with van der Waals surface area (Å²) in [6.07, 6.45) is 0.413. The maximum atomic E-state index is 10.6. The third-order valence-corrected chi connectivity index (χ3v) is 2.56. The van der Waals surface area contributed by atoms with E-state index in [0.717, 1.165) is 0 Å². The molecule has 0 bridgehead atoms. The highest BCUT2D eigenvalue weighted by molar-refractivity contribution is 8.08. The molecule has 0 atom stereocenters. The van der Waals surface area contributed by atoms with E-state index < -0.39 is 5.85 Å². The number of hydrogen-bond donors (Lipinski definition) is 0. The second kappa shape index (κ2) is 3.10. The highest BCUT2D eigenvalue weighted by Gasteiger charge is 2.14. The summed E-state index contributed by atoms with van der Waals surface area (Å²) in [5.41, 5.74) is 0. The first-order valence-corrected chi connectivity index (χ1v) is 6.10.